The van der Waals surface area contributed by atoms with Gasteiger partial charge in [-0.3, -0.25) is 0 Å². The summed E-state index contributed by atoms with van der Waals surface area (Å²) in [4.78, 5) is 0. The lowest BCUT2D eigenvalue weighted by atomic mass is 10.6. The van der Waals surface area contributed by atoms with Gasteiger partial charge in [-0.1, -0.05) is 13.0 Å². The first-order valence-corrected chi connectivity index (χ1v) is 4.31. The Hall–Kier alpha value is 0.440. The number of thioether (sulfide) groups is 1. The lowest BCUT2D eigenvalue weighted by Crippen LogP contribution is -1.93. The van der Waals surface area contributed by atoms with Gasteiger partial charge in [0.05, 0.1) is 0 Å². The zero-order valence-electron chi connectivity index (χ0n) is 5.13. The molecule has 2 heteroatoms. The van der Waals surface area contributed by atoms with Gasteiger partial charge in [0.2, 0.25) is 0 Å². The Morgan fingerprint density at radius 2 is 2.50 bits per heavy atom. The molecular weight excluding hydrogens is 136 g/mol. The summed E-state index contributed by atoms with van der Waals surface area (Å²) in [5.41, 5.74) is 0. The van der Waals surface area contributed by atoms with Crippen LogP contribution < -0.4 is 0 Å². The summed E-state index contributed by atoms with van der Waals surface area (Å²) in [7, 11) is 0. The van der Waals surface area contributed by atoms with E-state index in [1.54, 1.807) is 0 Å². The molecule has 0 bridgehead atoms. The third kappa shape index (κ3) is 6.44. The fourth-order valence-corrected chi connectivity index (χ4v) is 1.28. The summed E-state index contributed by atoms with van der Waals surface area (Å²) >= 11 is 6.08. The Bertz CT molecular complexity index is 59.5. The molecule has 0 rings (SSSR count). The summed E-state index contributed by atoms with van der Waals surface area (Å²) in [6, 6.07) is 0. The first-order chi connectivity index (χ1) is 3.77. The van der Waals surface area contributed by atoms with E-state index in [-0.39, 0.29) is 0 Å². The fraction of sp³-hybridized carbons (Fsp3) is 0.667. The van der Waals surface area contributed by atoms with Crippen LogP contribution in [0.5, 0.6) is 0 Å². The van der Waals surface area contributed by atoms with Crippen LogP contribution in [0.25, 0.3) is 0 Å². The van der Waals surface area contributed by atoms with Gasteiger partial charge in [0.25, 0.3) is 0 Å². The Kier molecular flexibility index (Phi) is 5.88. The van der Waals surface area contributed by atoms with Crippen molar-refractivity contribution in [1.82, 2.24) is 0 Å². The largest absolute Gasteiger partial charge is 0.175 e. The van der Waals surface area contributed by atoms with E-state index in [2.05, 4.69) is 26.1 Å². The van der Waals surface area contributed by atoms with Crippen molar-refractivity contribution in [1.29, 1.82) is 0 Å². The van der Waals surface area contributed by atoms with E-state index in [1.165, 1.54) is 0 Å². The maximum atomic E-state index is 4.22. The summed E-state index contributed by atoms with van der Waals surface area (Å²) in [6.45, 7) is 5.71. The standard InChI is InChI=1S/C6H12S2/c1-3-4-8-5-6(2)7/h3,6-7H,1,4-5H2,2H3. The lowest BCUT2D eigenvalue weighted by Gasteiger charge is -1.98. The molecule has 0 aliphatic heterocycles. The molecule has 0 aromatic rings. The van der Waals surface area contributed by atoms with Gasteiger partial charge in [-0.2, -0.15) is 24.4 Å². The highest BCUT2D eigenvalue weighted by atomic mass is 32.2. The number of hydrogen-bond donors (Lipinski definition) is 1. The van der Waals surface area contributed by atoms with Gasteiger partial charge in [0.1, 0.15) is 0 Å². The maximum Gasteiger partial charge on any atom is 0.0111 e. The molecule has 0 saturated carbocycles. The second-order valence-electron chi connectivity index (χ2n) is 1.68. The van der Waals surface area contributed by atoms with Gasteiger partial charge in [0.15, 0.2) is 0 Å². The molecule has 0 saturated heterocycles. The average molecular weight is 148 g/mol. The summed E-state index contributed by atoms with van der Waals surface area (Å²) in [6.07, 6.45) is 1.92. The Labute approximate surface area is 61.2 Å². The van der Waals surface area contributed by atoms with E-state index in [0.29, 0.717) is 5.25 Å². The van der Waals surface area contributed by atoms with Crippen molar-refractivity contribution in [2.75, 3.05) is 11.5 Å². The van der Waals surface area contributed by atoms with Crippen molar-refractivity contribution < 1.29 is 0 Å². The highest BCUT2D eigenvalue weighted by Gasteiger charge is 1.90. The molecule has 0 radical (unpaired) electrons. The van der Waals surface area contributed by atoms with Gasteiger partial charge in [-0.15, -0.1) is 6.58 Å². The van der Waals surface area contributed by atoms with Crippen molar-refractivity contribution in [3.63, 3.8) is 0 Å². The predicted molar refractivity (Wildman–Crippen MR) is 46.0 cm³/mol. The molecule has 0 fully saturated rings. The molecule has 0 aliphatic rings. The second-order valence-corrected chi connectivity index (χ2v) is 3.63. The zero-order valence-corrected chi connectivity index (χ0v) is 6.84. The predicted octanol–water partition coefficient (Wildman–Crippen LogP) is 2.22. The van der Waals surface area contributed by atoms with Crippen LogP contribution in [0.15, 0.2) is 12.7 Å². The zero-order chi connectivity index (χ0) is 6.41. The molecule has 8 heavy (non-hydrogen) atoms. The van der Waals surface area contributed by atoms with E-state index >= 15 is 0 Å². The monoisotopic (exact) mass is 148 g/mol. The molecule has 0 aromatic carbocycles. The van der Waals surface area contributed by atoms with Crippen molar-refractivity contribution in [2.45, 2.75) is 12.2 Å². The summed E-state index contributed by atoms with van der Waals surface area (Å²) in [5, 5.41) is 0.514. The topological polar surface area (TPSA) is 0 Å². The van der Waals surface area contributed by atoms with Crippen molar-refractivity contribution in [3.05, 3.63) is 12.7 Å². The molecule has 0 N–H and O–H groups in total. The highest BCUT2D eigenvalue weighted by Crippen LogP contribution is 2.05. The molecule has 0 heterocycles. The molecule has 0 nitrogen and oxygen atoms in total. The van der Waals surface area contributed by atoms with Crippen LogP contribution in [0.4, 0.5) is 0 Å². The first-order valence-electron chi connectivity index (χ1n) is 2.64. The Balaban J connectivity index is 2.81. The molecule has 0 aromatic heterocycles. The van der Waals surface area contributed by atoms with Gasteiger partial charge in [-0.25, -0.2) is 0 Å². The van der Waals surface area contributed by atoms with Crippen molar-refractivity contribution in [3.8, 4) is 0 Å². The van der Waals surface area contributed by atoms with Gasteiger partial charge in [-0.05, 0) is 0 Å². The average Bonchev–Trinajstić information content (AvgIpc) is 1.66. The van der Waals surface area contributed by atoms with Crippen LogP contribution in [-0.2, 0) is 0 Å². The Morgan fingerprint density at radius 3 is 2.88 bits per heavy atom. The quantitative estimate of drug-likeness (QED) is 0.362. The molecule has 48 valence electrons. The van der Waals surface area contributed by atoms with Crippen molar-refractivity contribution in [2.24, 2.45) is 0 Å². The smallest absolute Gasteiger partial charge is 0.0111 e. The van der Waals surface area contributed by atoms with Crippen molar-refractivity contribution >= 4 is 24.4 Å². The highest BCUT2D eigenvalue weighted by molar-refractivity contribution is 8.00. The van der Waals surface area contributed by atoms with Gasteiger partial charge in [0, 0.05) is 16.8 Å². The van der Waals surface area contributed by atoms with Gasteiger partial charge < -0.3 is 0 Å². The van der Waals surface area contributed by atoms with Crippen LogP contribution in [-0.4, -0.2) is 16.8 Å². The van der Waals surface area contributed by atoms with Gasteiger partial charge >= 0.3 is 0 Å². The number of rotatable bonds is 4. The molecule has 1 atom stereocenters. The number of hydrogen-bond acceptors (Lipinski definition) is 2. The molecule has 0 amide bonds. The van der Waals surface area contributed by atoms with E-state index < -0.39 is 0 Å². The van der Waals surface area contributed by atoms with E-state index in [9.17, 15) is 0 Å². The van der Waals surface area contributed by atoms with E-state index in [0.717, 1.165) is 11.5 Å². The second kappa shape index (κ2) is 5.57. The minimum atomic E-state index is 0.514. The van der Waals surface area contributed by atoms with E-state index in [1.807, 2.05) is 17.8 Å². The van der Waals surface area contributed by atoms with Crippen LogP contribution >= 0.6 is 24.4 Å². The first kappa shape index (κ1) is 8.44. The molecule has 0 spiro atoms. The van der Waals surface area contributed by atoms with Crippen LogP contribution in [0.1, 0.15) is 6.92 Å². The fourth-order valence-electron chi connectivity index (χ4n) is 0.322. The minimum absolute atomic E-state index is 0.514. The van der Waals surface area contributed by atoms with Crippen LogP contribution in [0.2, 0.25) is 0 Å². The maximum absolute atomic E-state index is 4.22. The normalized spacial score (nSPS) is 13.2. The number of thiol groups is 1. The third-order valence-electron chi connectivity index (χ3n) is 0.595. The molecular formula is C6H12S2. The van der Waals surface area contributed by atoms with Crippen LogP contribution in [0.3, 0.4) is 0 Å². The van der Waals surface area contributed by atoms with Crippen LogP contribution in [0, 0.1) is 0 Å². The van der Waals surface area contributed by atoms with E-state index in [4.69, 9.17) is 0 Å². The SMILES string of the molecule is C=CCSCC(C)S. The minimum Gasteiger partial charge on any atom is -0.175 e. The summed E-state index contributed by atoms with van der Waals surface area (Å²) < 4.78 is 0. The third-order valence-corrected chi connectivity index (χ3v) is 2.23. The molecule has 1 unspecified atom stereocenters. The summed E-state index contributed by atoms with van der Waals surface area (Å²) in [5.74, 6) is 2.17. The lowest BCUT2D eigenvalue weighted by molar-refractivity contribution is 1.14. The Morgan fingerprint density at radius 1 is 1.88 bits per heavy atom. The molecule has 0 aliphatic carbocycles.